The van der Waals surface area contributed by atoms with Crippen molar-refractivity contribution in [3.05, 3.63) is 72.6 Å². The number of fused-ring (bicyclic) bond motifs is 1. The summed E-state index contributed by atoms with van der Waals surface area (Å²) in [5, 5.41) is 5.69. The molecule has 0 saturated heterocycles. The number of nitrogens with two attached hydrogens (primary N) is 1. The Morgan fingerprint density at radius 2 is 1.73 bits per heavy atom. The normalized spacial score (nSPS) is 10.8. The third kappa shape index (κ3) is 4.62. The van der Waals surface area contributed by atoms with Crippen LogP contribution in [0.15, 0.2) is 67.0 Å². The first kappa shape index (κ1) is 22.2. The zero-order valence-electron chi connectivity index (χ0n) is 19.2. The van der Waals surface area contributed by atoms with Crippen molar-refractivity contribution in [1.29, 1.82) is 0 Å². The van der Waals surface area contributed by atoms with Crippen LogP contribution in [0, 0.1) is 0 Å². The van der Waals surface area contributed by atoms with Crippen molar-refractivity contribution < 1.29 is 9.47 Å². The standard InChI is InChI=1S/C26H29N5O2/c1-4-31(21-11-7-9-19-8-5-6-10-20(19)21)26-24(27)25(29-17-30-26)28-15-14-18-12-13-22(32-2)23(16-18)33-3/h5-13,16-17H,4,14-15,27H2,1-3H3,(H,28,29,30). The van der Waals surface area contributed by atoms with Crippen LogP contribution in [0.2, 0.25) is 0 Å². The van der Waals surface area contributed by atoms with Crippen LogP contribution in [-0.4, -0.2) is 37.3 Å². The van der Waals surface area contributed by atoms with E-state index in [1.807, 2.05) is 30.3 Å². The molecule has 0 amide bonds. The van der Waals surface area contributed by atoms with Crippen molar-refractivity contribution in [3.8, 4) is 11.5 Å². The van der Waals surface area contributed by atoms with Gasteiger partial charge in [0.25, 0.3) is 0 Å². The van der Waals surface area contributed by atoms with Crippen molar-refractivity contribution in [2.24, 2.45) is 0 Å². The van der Waals surface area contributed by atoms with E-state index in [0.717, 1.165) is 29.6 Å². The van der Waals surface area contributed by atoms with E-state index >= 15 is 0 Å². The van der Waals surface area contributed by atoms with E-state index in [-0.39, 0.29) is 0 Å². The molecule has 33 heavy (non-hydrogen) atoms. The monoisotopic (exact) mass is 443 g/mol. The molecular formula is C26H29N5O2. The largest absolute Gasteiger partial charge is 0.493 e. The van der Waals surface area contributed by atoms with Crippen LogP contribution in [0.5, 0.6) is 11.5 Å². The summed E-state index contributed by atoms with van der Waals surface area (Å²) < 4.78 is 10.7. The molecule has 7 nitrogen and oxygen atoms in total. The van der Waals surface area contributed by atoms with Gasteiger partial charge in [-0.05, 0) is 42.5 Å². The molecule has 4 aromatic rings. The maximum Gasteiger partial charge on any atom is 0.161 e. The van der Waals surface area contributed by atoms with Crippen LogP contribution in [0.25, 0.3) is 10.8 Å². The Hall–Kier alpha value is -4.00. The van der Waals surface area contributed by atoms with Gasteiger partial charge in [0.1, 0.15) is 12.0 Å². The van der Waals surface area contributed by atoms with Crippen molar-refractivity contribution in [2.45, 2.75) is 13.3 Å². The van der Waals surface area contributed by atoms with Gasteiger partial charge in [0.05, 0.1) is 19.9 Å². The van der Waals surface area contributed by atoms with E-state index in [0.29, 0.717) is 35.4 Å². The van der Waals surface area contributed by atoms with E-state index in [2.05, 4.69) is 57.4 Å². The van der Waals surface area contributed by atoms with Gasteiger partial charge in [-0.3, -0.25) is 0 Å². The molecule has 7 heteroatoms. The third-order valence-corrected chi connectivity index (χ3v) is 5.65. The van der Waals surface area contributed by atoms with Crippen LogP contribution in [0.1, 0.15) is 12.5 Å². The molecule has 1 heterocycles. The molecule has 0 bridgehead atoms. The van der Waals surface area contributed by atoms with Crippen molar-refractivity contribution in [3.63, 3.8) is 0 Å². The number of hydrogen-bond acceptors (Lipinski definition) is 7. The number of nitrogen functional groups attached to an aromatic ring is 1. The quantitative estimate of drug-likeness (QED) is 0.375. The van der Waals surface area contributed by atoms with E-state index < -0.39 is 0 Å². The molecule has 3 N–H and O–H groups in total. The number of hydrogen-bond donors (Lipinski definition) is 2. The smallest absolute Gasteiger partial charge is 0.161 e. The molecule has 4 rings (SSSR count). The highest BCUT2D eigenvalue weighted by Crippen LogP contribution is 2.35. The van der Waals surface area contributed by atoms with E-state index in [9.17, 15) is 0 Å². The van der Waals surface area contributed by atoms with Gasteiger partial charge in [-0.15, -0.1) is 0 Å². The highest BCUT2D eigenvalue weighted by molar-refractivity contribution is 5.97. The summed E-state index contributed by atoms with van der Waals surface area (Å²) >= 11 is 0. The van der Waals surface area contributed by atoms with Gasteiger partial charge < -0.3 is 25.4 Å². The number of nitrogens with zero attached hydrogens (tertiary/aromatic N) is 3. The minimum absolute atomic E-state index is 0.527. The summed E-state index contributed by atoms with van der Waals surface area (Å²) in [6.45, 7) is 3.48. The minimum atomic E-state index is 0.527. The van der Waals surface area contributed by atoms with Gasteiger partial charge in [-0.25, -0.2) is 9.97 Å². The first-order valence-electron chi connectivity index (χ1n) is 11.0. The number of nitrogens with one attached hydrogen (secondary N) is 1. The lowest BCUT2D eigenvalue weighted by molar-refractivity contribution is 0.354. The molecule has 0 aliphatic heterocycles. The maximum absolute atomic E-state index is 6.54. The highest BCUT2D eigenvalue weighted by atomic mass is 16.5. The number of ether oxygens (including phenoxy) is 2. The Morgan fingerprint density at radius 1 is 0.939 bits per heavy atom. The number of benzene rings is 3. The molecule has 3 aromatic carbocycles. The SMILES string of the molecule is CCN(c1ncnc(NCCc2ccc(OC)c(OC)c2)c1N)c1cccc2ccccc12. The van der Waals surface area contributed by atoms with Crippen molar-refractivity contribution >= 4 is 33.8 Å². The molecule has 0 fully saturated rings. The lowest BCUT2D eigenvalue weighted by Crippen LogP contribution is -2.20. The fourth-order valence-electron chi connectivity index (χ4n) is 3.98. The minimum Gasteiger partial charge on any atom is -0.493 e. The molecular weight excluding hydrogens is 414 g/mol. The molecule has 0 aliphatic carbocycles. The van der Waals surface area contributed by atoms with Crippen LogP contribution in [-0.2, 0) is 6.42 Å². The third-order valence-electron chi connectivity index (χ3n) is 5.65. The summed E-state index contributed by atoms with van der Waals surface area (Å²) in [6, 6.07) is 20.5. The van der Waals surface area contributed by atoms with Crippen LogP contribution >= 0.6 is 0 Å². The predicted octanol–water partition coefficient (Wildman–Crippen LogP) is 5.04. The summed E-state index contributed by atoms with van der Waals surface area (Å²) in [7, 11) is 3.27. The van der Waals surface area contributed by atoms with Crippen molar-refractivity contribution in [2.75, 3.05) is 43.3 Å². The second-order valence-corrected chi connectivity index (χ2v) is 7.57. The van der Waals surface area contributed by atoms with E-state index in [4.69, 9.17) is 15.2 Å². The van der Waals surface area contributed by atoms with Crippen LogP contribution in [0.3, 0.4) is 0 Å². The van der Waals surface area contributed by atoms with Gasteiger partial charge >= 0.3 is 0 Å². The Bertz CT molecular complexity index is 1240. The second-order valence-electron chi connectivity index (χ2n) is 7.57. The zero-order chi connectivity index (χ0) is 23.2. The second kappa shape index (κ2) is 10.1. The van der Waals surface area contributed by atoms with Crippen molar-refractivity contribution in [1.82, 2.24) is 9.97 Å². The Morgan fingerprint density at radius 3 is 2.52 bits per heavy atom. The summed E-state index contributed by atoms with van der Waals surface area (Å²) in [5.41, 5.74) is 9.26. The van der Waals surface area contributed by atoms with Gasteiger partial charge in [0.2, 0.25) is 0 Å². The van der Waals surface area contributed by atoms with Gasteiger partial charge in [-0.1, -0.05) is 42.5 Å². The van der Waals surface area contributed by atoms with E-state index in [1.54, 1.807) is 20.5 Å². The first-order valence-corrected chi connectivity index (χ1v) is 11.0. The van der Waals surface area contributed by atoms with Crippen LogP contribution < -0.4 is 25.4 Å². The average molecular weight is 444 g/mol. The highest BCUT2D eigenvalue weighted by Gasteiger charge is 2.17. The Labute approximate surface area is 194 Å². The lowest BCUT2D eigenvalue weighted by Gasteiger charge is -2.25. The molecule has 170 valence electrons. The zero-order valence-corrected chi connectivity index (χ0v) is 19.2. The Kier molecular flexibility index (Phi) is 6.78. The number of anilines is 4. The van der Waals surface area contributed by atoms with E-state index in [1.165, 1.54) is 5.39 Å². The van der Waals surface area contributed by atoms with Gasteiger partial charge in [-0.2, -0.15) is 0 Å². The predicted molar refractivity (Wildman–Crippen MR) is 135 cm³/mol. The molecule has 0 unspecified atom stereocenters. The number of aromatic nitrogens is 2. The fraction of sp³-hybridized carbons (Fsp3) is 0.231. The van der Waals surface area contributed by atoms with Crippen LogP contribution in [0.4, 0.5) is 23.0 Å². The fourth-order valence-corrected chi connectivity index (χ4v) is 3.98. The maximum atomic E-state index is 6.54. The molecule has 0 aliphatic rings. The number of rotatable bonds is 9. The average Bonchev–Trinajstić information content (AvgIpc) is 2.86. The topological polar surface area (TPSA) is 85.5 Å². The van der Waals surface area contributed by atoms with Gasteiger partial charge in [0.15, 0.2) is 23.1 Å². The molecule has 0 atom stereocenters. The summed E-state index contributed by atoms with van der Waals surface area (Å²) in [4.78, 5) is 11.0. The first-order chi connectivity index (χ1) is 16.2. The number of methoxy groups -OCH3 is 2. The summed E-state index contributed by atoms with van der Waals surface area (Å²) in [6.07, 6.45) is 2.33. The molecule has 1 aromatic heterocycles. The molecule has 0 saturated carbocycles. The van der Waals surface area contributed by atoms with Gasteiger partial charge in [0, 0.05) is 18.5 Å². The molecule has 0 radical (unpaired) electrons. The molecule has 0 spiro atoms. The summed E-state index contributed by atoms with van der Waals surface area (Å²) in [5.74, 6) is 2.75. The lowest BCUT2D eigenvalue weighted by atomic mass is 10.1. The Balaban J connectivity index is 1.55.